The fraction of sp³-hybridized carbons (Fsp3) is 0.250. The van der Waals surface area contributed by atoms with Crippen LogP contribution >= 0.6 is 0 Å². The summed E-state index contributed by atoms with van der Waals surface area (Å²) in [7, 11) is 0. The van der Waals surface area contributed by atoms with Gasteiger partial charge in [-0.3, -0.25) is 0 Å². The minimum Gasteiger partial charge on any atom is -0.347 e. The van der Waals surface area contributed by atoms with Crippen LogP contribution in [0.25, 0.3) is 10.9 Å². The van der Waals surface area contributed by atoms with Crippen molar-refractivity contribution in [3.8, 4) is 6.07 Å². The fourth-order valence-electron chi connectivity index (χ4n) is 1.71. The molecule has 1 aromatic heterocycles. The fourth-order valence-corrected chi connectivity index (χ4v) is 1.71. The predicted molar refractivity (Wildman–Crippen MR) is 60.3 cm³/mol. The minimum atomic E-state index is 0.692. The van der Waals surface area contributed by atoms with E-state index in [-0.39, 0.29) is 0 Å². The molecule has 3 heteroatoms. The van der Waals surface area contributed by atoms with Gasteiger partial charge < -0.3 is 10.3 Å². The van der Waals surface area contributed by atoms with Crippen LogP contribution in [0.15, 0.2) is 30.5 Å². The van der Waals surface area contributed by atoms with Crippen molar-refractivity contribution in [1.82, 2.24) is 4.57 Å². The summed E-state index contributed by atoms with van der Waals surface area (Å²) in [4.78, 5) is 0. The maximum atomic E-state index is 8.82. The van der Waals surface area contributed by atoms with Crippen molar-refractivity contribution in [3.05, 3.63) is 36.0 Å². The van der Waals surface area contributed by atoms with E-state index in [1.54, 1.807) is 0 Å². The van der Waals surface area contributed by atoms with E-state index >= 15 is 0 Å². The second kappa shape index (κ2) is 4.16. The Morgan fingerprint density at radius 2 is 2.20 bits per heavy atom. The Labute approximate surface area is 88.7 Å². The molecule has 0 saturated heterocycles. The highest BCUT2D eigenvalue weighted by Gasteiger charge is 2.01. The molecule has 0 unspecified atom stereocenters. The second-order valence-electron chi connectivity index (χ2n) is 3.54. The topological polar surface area (TPSA) is 54.7 Å². The zero-order chi connectivity index (χ0) is 10.7. The molecule has 1 heterocycles. The van der Waals surface area contributed by atoms with Gasteiger partial charge in [0, 0.05) is 18.3 Å². The van der Waals surface area contributed by atoms with Gasteiger partial charge in [-0.2, -0.15) is 5.26 Å². The summed E-state index contributed by atoms with van der Waals surface area (Å²) in [5.74, 6) is 0. The third-order valence-corrected chi connectivity index (χ3v) is 2.51. The highest BCUT2D eigenvalue weighted by Crippen LogP contribution is 2.17. The van der Waals surface area contributed by atoms with Crippen LogP contribution in [0, 0.1) is 11.3 Å². The van der Waals surface area contributed by atoms with Crippen LogP contribution in [0.4, 0.5) is 0 Å². The Kier molecular flexibility index (Phi) is 2.70. The van der Waals surface area contributed by atoms with Crippen LogP contribution in [0.3, 0.4) is 0 Å². The zero-order valence-corrected chi connectivity index (χ0v) is 8.48. The third kappa shape index (κ3) is 1.85. The largest absolute Gasteiger partial charge is 0.347 e. The summed E-state index contributed by atoms with van der Waals surface area (Å²) >= 11 is 0. The molecule has 0 aliphatic rings. The Bertz CT molecular complexity index is 505. The standard InChI is InChI=1S/C12H13N3/c13-5-1-6-15-7-4-11-3-2-10(9-14)8-12(11)15/h2-4,7-8H,1,5-6,13H2. The van der Waals surface area contributed by atoms with Crippen molar-refractivity contribution >= 4 is 10.9 Å². The number of aryl methyl sites for hydroxylation is 1. The number of hydrogen-bond acceptors (Lipinski definition) is 2. The quantitative estimate of drug-likeness (QED) is 0.820. The molecular weight excluding hydrogens is 186 g/mol. The molecule has 0 fully saturated rings. The summed E-state index contributed by atoms with van der Waals surface area (Å²) < 4.78 is 2.14. The normalized spacial score (nSPS) is 10.4. The third-order valence-electron chi connectivity index (χ3n) is 2.51. The average molecular weight is 199 g/mol. The number of aromatic nitrogens is 1. The van der Waals surface area contributed by atoms with Crippen molar-refractivity contribution in [2.75, 3.05) is 6.54 Å². The van der Waals surface area contributed by atoms with Crippen molar-refractivity contribution in [1.29, 1.82) is 5.26 Å². The van der Waals surface area contributed by atoms with Gasteiger partial charge in [-0.15, -0.1) is 0 Å². The number of hydrogen-bond donors (Lipinski definition) is 1. The van der Waals surface area contributed by atoms with Crippen molar-refractivity contribution in [3.63, 3.8) is 0 Å². The first-order valence-electron chi connectivity index (χ1n) is 5.04. The predicted octanol–water partition coefficient (Wildman–Crippen LogP) is 1.86. The molecule has 0 bridgehead atoms. The van der Waals surface area contributed by atoms with Crippen LogP contribution in [0.2, 0.25) is 0 Å². The van der Waals surface area contributed by atoms with Crippen molar-refractivity contribution < 1.29 is 0 Å². The van der Waals surface area contributed by atoms with Gasteiger partial charge in [0.15, 0.2) is 0 Å². The summed E-state index contributed by atoms with van der Waals surface area (Å²) in [6.07, 6.45) is 3.00. The number of benzene rings is 1. The first kappa shape index (κ1) is 9.75. The molecule has 0 atom stereocenters. The zero-order valence-electron chi connectivity index (χ0n) is 8.48. The van der Waals surface area contributed by atoms with Crippen molar-refractivity contribution in [2.45, 2.75) is 13.0 Å². The molecular formula is C12H13N3. The molecule has 2 rings (SSSR count). The molecule has 0 saturated carbocycles. The highest BCUT2D eigenvalue weighted by molar-refractivity contribution is 5.81. The average Bonchev–Trinajstić information content (AvgIpc) is 2.68. The van der Waals surface area contributed by atoms with E-state index in [0.29, 0.717) is 12.1 Å². The van der Waals surface area contributed by atoms with Crippen LogP contribution < -0.4 is 5.73 Å². The van der Waals surface area contributed by atoms with Gasteiger partial charge >= 0.3 is 0 Å². The van der Waals surface area contributed by atoms with Crippen LogP contribution in [-0.2, 0) is 6.54 Å². The molecule has 2 N–H and O–H groups in total. The van der Waals surface area contributed by atoms with Gasteiger partial charge in [0.05, 0.1) is 11.6 Å². The van der Waals surface area contributed by atoms with Gasteiger partial charge in [-0.05, 0) is 36.6 Å². The molecule has 0 spiro atoms. The first-order valence-corrected chi connectivity index (χ1v) is 5.04. The molecule has 0 amide bonds. The van der Waals surface area contributed by atoms with Gasteiger partial charge in [0.25, 0.3) is 0 Å². The highest BCUT2D eigenvalue weighted by atomic mass is 14.9. The van der Waals surface area contributed by atoms with Crippen LogP contribution in [-0.4, -0.2) is 11.1 Å². The Hall–Kier alpha value is -1.79. The number of nitriles is 1. The maximum absolute atomic E-state index is 8.82. The number of rotatable bonds is 3. The summed E-state index contributed by atoms with van der Waals surface area (Å²) in [5.41, 5.74) is 7.30. The van der Waals surface area contributed by atoms with E-state index < -0.39 is 0 Å². The molecule has 0 radical (unpaired) electrons. The minimum absolute atomic E-state index is 0.692. The number of fused-ring (bicyclic) bond motifs is 1. The van der Waals surface area contributed by atoms with Crippen molar-refractivity contribution in [2.24, 2.45) is 5.73 Å². The van der Waals surface area contributed by atoms with Crippen LogP contribution in [0.1, 0.15) is 12.0 Å². The van der Waals surface area contributed by atoms with Gasteiger partial charge in [-0.25, -0.2) is 0 Å². The summed E-state index contributed by atoms with van der Waals surface area (Å²) in [6.45, 7) is 1.60. The maximum Gasteiger partial charge on any atom is 0.0992 e. The van der Waals surface area contributed by atoms with Gasteiger partial charge in [0.1, 0.15) is 0 Å². The Morgan fingerprint density at radius 3 is 2.93 bits per heavy atom. The SMILES string of the molecule is N#Cc1ccc2ccn(CCCN)c2c1. The van der Waals surface area contributed by atoms with E-state index in [1.807, 2.05) is 24.4 Å². The van der Waals surface area contributed by atoms with E-state index in [2.05, 4.69) is 16.7 Å². The van der Waals surface area contributed by atoms with E-state index in [9.17, 15) is 0 Å². The van der Waals surface area contributed by atoms with E-state index in [0.717, 1.165) is 18.5 Å². The lowest BCUT2D eigenvalue weighted by atomic mass is 10.2. The Balaban J connectivity index is 2.43. The Morgan fingerprint density at radius 1 is 1.33 bits per heavy atom. The van der Waals surface area contributed by atoms with Crippen LogP contribution in [0.5, 0.6) is 0 Å². The second-order valence-corrected chi connectivity index (χ2v) is 3.54. The molecule has 0 aliphatic carbocycles. The summed E-state index contributed by atoms with van der Waals surface area (Å²) in [6, 6.07) is 9.96. The number of nitrogens with zero attached hydrogens (tertiary/aromatic N) is 2. The van der Waals surface area contributed by atoms with E-state index in [4.69, 9.17) is 11.0 Å². The molecule has 0 aliphatic heterocycles. The lowest BCUT2D eigenvalue weighted by Gasteiger charge is -2.03. The lowest BCUT2D eigenvalue weighted by molar-refractivity contribution is 0.671. The first-order chi connectivity index (χ1) is 7.35. The summed E-state index contributed by atoms with van der Waals surface area (Å²) in [5, 5.41) is 9.99. The molecule has 1 aromatic carbocycles. The molecule has 76 valence electrons. The molecule has 3 nitrogen and oxygen atoms in total. The lowest BCUT2D eigenvalue weighted by Crippen LogP contribution is -2.04. The van der Waals surface area contributed by atoms with E-state index in [1.165, 1.54) is 5.39 Å². The van der Waals surface area contributed by atoms with Gasteiger partial charge in [0.2, 0.25) is 0 Å². The monoisotopic (exact) mass is 199 g/mol. The molecule has 15 heavy (non-hydrogen) atoms. The smallest absolute Gasteiger partial charge is 0.0992 e. The number of nitrogens with two attached hydrogens (primary N) is 1. The molecule has 2 aromatic rings. The van der Waals surface area contributed by atoms with Gasteiger partial charge in [-0.1, -0.05) is 6.07 Å².